The summed E-state index contributed by atoms with van der Waals surface area (Å²) in [7, 11) is 0.934. The van der Waals surface area contributed by atoms with Crippen LogP contribution in [0.5, 0.6) is 0 Å². The highest BCUT2D eigenvalue weighted by molar-refractivity contribution is 6.62. The quantitative estimate of drug-likeness (QED) is 0.499. The van der Waals surface area contributed by atoms with Crippen molar-refractivity contribution in [3.05, 3.63) is 59.8 Å². The number of amides is 1. The smallest absolute Gasteiger partial charge is 0.453 e. The molecule has 1 fully saturated rings. The largest absolute Gasteiger partial charge is 0.494 e. The number of methoxy groups -OCH3 is 1. The molecule has 3 aliphatic rings. The van der Waals surface area contributed by atoms with Gasteiger partial charge in [0.05, 0.1) is 36.1 Å². The van der Waals surface area contributed by atoms with Crippen LogP contribution in [0.2, 0.25) is 0 Å². The second-order valence-corrected chi connectivity index (χ2v) is 11.9. The molecule has 1 aromatic carbocycles. The number of carbonyl (C=O) groups is 2. The molecule has 9 nitrogen and oxygen atoms in total. The Balaban J connectivity index is 1.21. The second kappa shape index (κ2) is 9.38. The third-order valence-electron chi connectivity index (χ3n) is 8.95. The van der Waals surface area contributed by atoms with Crippen molar-refractivity contribution in [2.45, 2.75) is 82.6 Å². The Labute approximate surface area is 228 Å². The van der Waals surface area contributed by atoms with Crippen molar-refractivity contribution in [1.82, 2.24) is 19.9 Å². The van der Waals surface area contributed by atoms with Crippen LogP contribution in [0.25, 0.3) is 11.3 Å². The summed E-state index contributed by atoms with van der Waals surface area (Å²) < 4.78 is 19.4. The molecule has 2 aliphatic heterocycles. The Morgan fingerprint density at radius 1 is 1.15 bits per heavy atom. The second-order valence-electron chi connectivity index (χ2n) is 11.9. The van der Waals surface area contributed by atoms with Crippen LogP contribution in [0.3, 0.4) is 0 Å². The number of ether oxygens (including phenoxy) is 1. The molecule has 0 saturated carbocycles. The summed E-state index contributed by atoms with van der Waals surface area (Å²) in [5.41, 5.74) is 4.27. The molecule has 6 rings (SSSR count). The average molecular weight is 530 g/mol. The van der Waals surface area contributed by atoms with Gasteiger partial charge in [-0.25, -0.2) is 9.78 Å². The maximum Gasteiger partial charge on any atom is 0.494 e. The van der Waals surface area contributed by atoms with Crippen LogP contribution in [-0.2, 0) is 31.8 Å². The molecule has 3 aromatic rings. The van der Waals surface area contributed by atoms with Gasteiger partial charge in [-0.05, 0) is 63.2 Å². The van der Waals surface area contributed by atoms with Gasteiger partial charge in [-0.1, -0.05) is 24.3 Å². The molecule has 0 spiro atoms. The molecular weight excluding hydrogens is 495 g/mol. The zero-order valence-corrected chi connectivity index (χ0v) is 23.1. The molecule has 1 aliphatic carbocycles. The van der Waals surface area contributed by atoms with E-state index in [0.29, 0.717) is 19.4 Å². The lowest BCUT2D eigenvalue weighted by molar-refractivity contribution is -0.121. The average Bonchev–Trinajstić information content (AvgIpc) is 3.57. The normalized spacial score (nSPS) is 25.2. The van der Waals surface area contributed by atoms with E-state index in [-0.39, 0.29) is 34.9 Å². The van der Waals surface area contributed by atoms with E-state index in [4.69, 9.17) is 19.0 Å². The van der Waals surface area contributed by atoms with Gasteiger partial charge >= 0.3 is 13.2 Å². The van der Waals surface area contributed by atoms with Gasteiger partial charge in [0, 0.05) is 36.8 Å². The molecular formula is C29H35BN4O5. The molecule has 39 heavy (non-hydrogen) atoms. The molecule has 2 N–H and O–H groups in total. The predicted octanol–water partition coefficient (Wildman–Crippen LogP) is 3.69. The van der Waals surface area contributed by atoms with Gasteiger partial charge < -0.3 is 28.9 Å². The Bertz CT molecular complexity index is 1390. The van der Waals surface area contributed by atoms with Gasteiger partial charge in [-0.15, -0.1) is 0 Å². The van der Waals surface area contributed by atoms with Crippen molar-refractivity contribution >= 4 is 24.5 Å². The van der Waals surface area contributed by atoms with E-state index in [9.17, 15) is 9.59 Å². The minimum Gasteiger partial charge on any atom is -0.453 e. The van der Waals surface area contributed by atoms with Crippen molar-refractivity contribution in [3.8, 4) is 11.3 Å². The number of hydrogen-bond acceptors (Lipinski definition) is 6. The zero-order valence-electron chi connectivity index (χ0n) is 23.1. The number of H-pyrrole nitrogens is 1. The van der Waals surface area contributed by atoms with E-state index in [1.54, 1.807) is 0 Å². The molecule has 10 heteroatoms. The third kappa shape index (κ3) is 4.49. The van der Waals surface area contributed by atoms with E-state index >= 15 is 0 Å². The summed E-state index contributed by atoms with van der Waals surface area (Å²) in [6, 6.07) is 9.94. The Morgan fingerprint density at radius 2 is 1.87 bits per heavy atom. The summed E-state index contributed by atoms with van der Waals surface area (Å²) in [6.07, 6.45) is 5.25. The molecule has 4 heterocycles. The first-order valence-corrected chi connectivity index (χ1v) is 13.6. The molecule has 0 bridgehead atoms. The van der Waals surface area contributed by atoms with Crippen LogP contribution < -0.4 is 10.8 Å². The van der Waals surface area contributed by atoms with E-state index in [0.717, 1.165) is 34.7 Å². The van der Waals surface area contributed by atoms with Gasteiger partial charge in [-0.3, -0.25) is 4.79 Å². The van der Waals surface area contributed by atoms with Crippen molar-refractivity contribution in [1.29, 1.82) is 0 Å². The first-order valence-electron chi connectivity index (χ1n) is 13.6. The fourth-order valence-electron chi connectivity index (χ4n) is 6.03. The van der Waals surface area contributed by atoms with Crippen molar-refractivity contribution in [3.63, 3.8) is 0 Å². The number of aryl methyl sites for hydroxylation is 1. The van der Waals surface area contributed by atoms with Gasteiger partial charge in [-0.2, -0.15) is 0 Å². The number of benzene rings is 1. The number of nitrogens with zero attached hydrogens (tertiary/aromatic N) is 2. The minimum atomic E-state index is -0.504. The maximum absolute atomic E-state index is 13.6. The lowest BCUT2D eigenvalue weighted by Crippen LogP contribution is -2.44. The van der Waals surface area contributed by atoms with Gasteiger partial charge in [0.1, 0.15) is 11.6 Å². The van der Waals surface area contributed by atoms with Gasteiger partial charge in [0.15, 0.2) is 0 Å². The number of aromatic amines is 1. The summed E-state index contributed by atoms with van der Waals surface area (Å²) >= 11 is 0. The number of rotatable bonds is 4. The standard InChI is InChI=1S/C29H35BN4O5/c1-28(2)29(3,4)39-30(38-28)20-9-6-17(7-10-20)22-15-31-26(32-22)19-14-23(35)24-21(33-27(36)37-5)11-8-18-12-13-34(16-19)25(18)24/h6-7,9-10,12-13,15,19,21,24H,8,11,14,16H2,1-5H3,(H,31,32)(H,33,36)/t19-,21-,24?/m0/s1. The minimum absolute atomic E-state index is 0.101. The van der Waals surface area contributed by atoms with Crippen LogP contribution >= 0.6 is 0 Å². The van der Waals surface area contributed by atoms with Crippen LogP contribution in [0, 0.1) is 0 Å². The number of alkyl carbamates (subject to hydrolysis) is 1. The molecule has 3 atom stereocenters. The SMILES string of the molecule is COC(=O)N[C@H]1CCc2ccn3c2C1C(=O)C[C@H](c1ncc(-c2ccc(B4OC(C)(C)C(C)(C)O4)cc2)[nH]1)C3. The van der Waals surface area contributed by atoms with E-state index < -0.39 is 13.2 Å². The fraction of sp³-hybridized carbons (Fsp3) is 0.483. The molecule has 1 unspecified atom stereocenters. The number of aromatic nitrogens is 3. The first-order chi connectivity index (χ1) is 18.6. The summed E-state index contributed by atoms with van der Waals surface area (Å²) in [5, 5.41) is 2.90. The highest BCUT2D eigenvalue weighted by Crippen LogP contribution is 2.40. The van der Waals surface area contributed by atoms with Gasteiger partial charge in [0.25, 0.3) is 0 Å². The summed E-state index contributed by atoms with van der Waals surface area (Å²) in [5.74, 6) is 0.414. The van der Waals surface area contributed by atoms with E-state index in [1.807, 2.05) is 58.2 Å². The van der Waals surface area contributed by atoms with Crippen LogP contribution in [0.1, 0.15) is 69.5 Å². The van der Waals surface area contributed by atoms with Crippen molar-refractivity contribution in [2.75, 3.05) is 7.11 Å². The van der Waals surface area contributed by atoms with Crippen molar-refractivity contribution < 1.29 is 23.6 Å². The summed E-state index contributed by atoms with van der Waals surface area (Å²) in [6.45, 7) is 8.84. The lowest BCUT2D eigenvalue weighted by Gasteiger charge is -2.32. The zero-order chi connectivity index (χ0) is 27.5. The number of carbonyl (C=O) groups excluding carboxylic acids is 2. The monoisotopic (exact) mass is 530 g/mol. The third-order valence-corrected chi connectivity index (χ3v) is 8.95. The van der Waals surface area contributed by atoms with Crippen LogP contribution in [0.15, 0.2) is 42.7 Å². The highest BCUT2D eigenvalue weighted by Gasteiger charge is 2.51. The van der Waals surface area contributed by atoms with Gasteiger partial charge in [0.2, 0.25) is 0 Å². The van der Waals surface area contributed by atoms with E-state index in [2.05, 4.69) is 27.1 Å². The first kappa shape index (κ1) is 25.9. The predicted molar refractivity (Wildman–Crippen MR) is 147 cm³/mol. The topological polar surface area (TPSA) is 107 Å². The maximum atomic E-state index is 13.6. The molecule has 204 valence electrons. The fourth-order valence-corrected chi connectivity index (χ4v) is 6.03. The summed E-state index contributed by atoms with van der Waals surface area (Å²) in [4.78, 5) is 33.8. The number of nitrogens with one attached hydrogen (secondary N) is 2. The highest BCUT2D eigenvalue weighted by atomic mass is 16.7. The molecule has 0 radical (unpaired) electrons. The van der Waals surface area contributed by atoms with Crippen LogP contribution in [-0.4, -0.2) is 57.9 Å². The molecule has 2 aromatic heterocycles. The van der Waals surface area contributed by atoms with Crippen molar-refractivity contribution in [2.24, 2.45) is 0 Å². The number of imidazole rings is 1. The lowest BCUT2D eigenvalue weighted by atomic mass is 9.79. The Morgan fingerprint density at radius 3 is 2.56 bits per heavy atom. The molecule has 1 amide bonds. The van der Waals surface area contributed by atoms with Crippen LogP contribution in [0.4, 0.5) is 4.79 Å². The Kier molecular flexibility index (Phi) is 6.23. The number of Topliss-reactive ketones (excluding diaryl/α,β-unsaturated/α-hetero) is 1. The number of ketones is 1. The van der Waals surface area contributed by atoms with E-state index in [1.165, 1.54) is 12.7 Å². The number of hydrogen-bond donors (Lipinski definition) is 2. The Hall–Kier alpha value is -3.37. The molecule has 1 saturated heterocycles.